The molecular formula is C33H39N3O3. The molecular weight excluding hydrogens is 486 g/mol. The lowest BCUT2D eigenvalue weighted by atomic mass is 9.87. The van der Waals surface area contributed by atoms with Crippen molar-refractivity contribution in [3.63, 3.8) is 0 Å². The number of piperidine rings is 1. The van der Waals surface area contributed by atoms with E-state index in [-0.39, 0.29) is 5.41 Å². The molecule has 1 N–H and O–H groups in total. The smallest absolute Gasteiger partial charge is 0.163 e. The summed E-state index contributed by atoms with van der Waals surface area (Å²) in [5, 5.41) is 4.34. The van der Waals surface area contributed by atoms with E-state index in [0.717, 1.165) is 46.7 Å². The van der Waals surface area contributed by atoms with Gasteiger partial charge in [-0.15, -0.1) is 0 Å². The van der Waals surface area contributed by atoms with Crippen LogP contribution < -0.4 is 19.5 Å². The topological polar surface area (TPSA) is 55.9 Å². The zero-order valence-electron chi connectivity index (χ0n) is 23.7. The fraction of sp³-hybridized carbons (Fsp3) is 0.364. The minimum Gasteiger partial charge on any atom is -0.493 e. The molecule has 0 spiro atoms. The Bertz CT molecular complexity index is 1400. The van der Waals surface area contributed by atoms with E-state index in [1.807, 2.05) is 42.5 Å². The Hall–Kier alpha value is -3.77. The third-order valence-corrected chi connectivity index (χ3v) is 7.46. The minimum atomic E-state index is 0.138. The van der Waals surface area contributed by atoms with Gasteiger partial charge in [0.25, 0.3) is 0 Å². The zero-order valence-corrected chi connectivity index (χ0v) is 23.7. The Balaban J connectivity index is 1.29. The van der Waals surface area contributed by atoms with Gasteiger partial charge in [-0.2, -0.15) is 0 Å². The summed E-state index contributed by atoms with van der Waals surface area (Å²) in [6.45, 7) is 8.42. The van der Waals surface area contributed by atoms with Crippen molar-refractivity contribution in [1.82, 2.24) is 9.88 Å². The minimum absolute atomic E-state index is 0.138. The van der Waals surface area contributed by atoms with E-state index in [1.165, 1.54) is 18.4 Å². The van der Waals surface area contributed by atoms with E-state index in [0.29, 0.717) is 24.1 Å². The van der Waals surface area contributed by atoms with Crippen LogP contribution in [0.3, 0.4) is 0 Å². The molecule has 2 heterocycles. The van der Waals surface area contributed by atoms with E-state index in [9.17, 15) is 0 Å². The van der Waals surface area contributed by atoms with E-state index >= 15 is 0 Å². The Kier molecular flexibility index (Phi) is 7.94. The maximum atomic E-state index is 6.29. The third kappa shape index (κ3) is 6.45. The maximum absolute atomic E-state index is 6.29. The third-order valence-electron chi connectivity index (χ3n) is 7.46. The molecule has 0 amide bonds. The lowest BCUT2D eigenvalue weighted by Crippen LogP contribution is -2.40. The van der Waals surface area contributed by atoms with Gasteiger partial charge in [0.1, 0.15) is 18.1 Å². The average Bonchev–Trinajstić information content (AvgIpc) is 2.93. The van der Waals surface area contributed by atoms with Crippen LogP contribution in [0.5, 0.6) is 23.0 Å². The predicted octanol–water partition coefficient (Wildman–Crippen LogP) is 7.94. The van der Waals surface area contributed by atoms with Crippen molar-refractivity contribution in [3.8, 4) is 23.0 Å². The molecule has 1 aliphatic rings. The summed E-state index contributed by atoms with van der Waals surface area (Å²) >= 11 is 0. The van der Waals surface area contributed by atoms with Gasteiger partial charge in [0, 0.05) is 35.1 Å². The number of nitrogens with one attached hydrogen (secondary N) is 1. The van der Waals surface area contributed by atoms with Gasteiger partial charge < -0.3 is 24.4 Å². The molecule has 6 heteroatoms. The second-order valence-electron chi connectivity index (χ2n) is 11.3. The molecule has 6 nitrogen and oxygen atoms in total. The number of methoxy groups -OCH3 is 1. The Morgan fingerprint density at radius 1 is 0.897 bits per heavy atom. The number of hydrogen-bond donors (Lipinski definition) is 1. The number of rotatable bonds is 8. The highest BCUT2D eigenvalue weighted by molar-refractivity contribution is 5.88. The highest BCUT2D eigenvalue weighted by atomic mass is 16.5. The number of ether oxygens (including phenoxy) is 3. The van der Waals surface area contributed by atoms with Gasteiger partial charge >= 0.3 is 0 Å². The number of pyridine rings is 1. The van der Waals surface area contributed by atoms with Crippen LogP contribution in [-0.2, 0) is 5.41 Å². The summed E-state index contributed by atoms with van der Waals surface area (Å²) < 4.78 is 18.2. The first-order valence-electron chi connectivity index (χ1n) is 13.8. The molecule has 0 aliphatic carbocycles. The Morgan fingerprint density at radius 3 is 2.28 bits per heavy atom. The van der Waals surface area contributed by atoms with Crippen molar-refractivity contribution >= 4 is 22.3 Å². The van der Waals surface area contributed by atoms with Gasteiger partial charge in [-0.1, -0.05) is 39.3 Å². The first-order chi connectivity index (χ1) is 18.8. The van der Waals surface area contributed by atoms with Gasteiger partial charge in [-0.05, 0) is 85.9 Å². The van der Waals surface area contributed by atoms with E-state index < -0.39 is 0 Å². The number of fused-ring (bicyclic) bond motifs is 1. The van der Waals surface area contributed by atoms with Crippen molar-refractivity contribution in [1.29, 1.82) is 0 Å². The van der Waals surface area contributed by atoms with Gasteiger partial charge in [0.2, 0.25) is 0 Å². The first kappa shape index (κ1) is 26.8. The molecule has 0 bridgehead atoms. The van der Waals surface area contributed by atoms with Gasteiger partial charge in [-0.25, -0.2) is 0 Å². The summed E-state index contributed by atoms with van der Waals surface area (Å²) in [7, 11) is 3.84. The molecule has 1 aromatic heterocycles. The summed E-state index contributed by atoms with van der Waals surface area (Å²) in [6, 6.07) is 22.7. The molecule has 5 rings (SSSR count). The average molecular weight is 526 g/mol. The summed E-state index contributed by atoms with van der Waals surface area (Å²) in [5.74, 6) is 2.85. The first-order valence-corrected chi connectivity index (χ1v) is 13.8. The van der Waals surface area contributed by atoms with Gasteiger partial charge in [-0.3, -0.25) is 4.98 Å². The monoisotopic (exact) mass is 525 g/mol. The number of anilines is 2. The maximum Gasteiger partial charge on any atom is 0.163 e. The van der Waals surface area contributed by atoms with E-state index in [2.05, 4.69) is 67.3 Å². The van der Waals surface area contributed by atoms with E-state index in [4.69, 9.17) is 14.2 Å². The molecule has 204 valence electrons. The van der Waals surface area contributed by atoms with Crippen LogP contribution in [0.4, 0.5) is 11.4 Å². The van der Waals surface area contributed by atoms with Crippen LogP contribution in [0.15, 0.2) is 72.9 Å². The summed E-state index contributed by atoms with van der Waals surface area (Å²) in [6.07, 6.45) is 5.42. The molecule has 1 atom stereocenters. The normalized spacial score (nSPS) is 16.2. The van der Waals surface area contributed by atoms with Crippen molar-refractivity contribution in [2.45, 2.75) is 51.5 Å². The number of benzene rings is 3. The SMILES string of the molecule is COc1cc2c(Oc3ccc(Nc4ccc(C(C)(C)C)cc4)cc3)ccnc2cc1OCC1CCCCN1C. The molecule has 4 aromatic rings. The zero-order chi connectivity index (χ0) is 27.4. The van der Waals surface area contributed by atoms with Crippen molar-refractivity contribution < 1.29 is 14.2 Å². The van der Waals surface area contributed by atoms with Crippen molar-refractivity contribution in [2.75, 3.05) is 32.6 Å². The van der Waals surface area contributed by atoms with Gasteiger partial charge in [0.05, 0.1) is 12.6 Å². The summed E-state index contributed by atoms with van der Waals surface area (Å²) in [5.41, 5.74) is 4.31. The second-order valence-corrected chi connectivity index (χ2v) is 11.3. The highest BCUT2D eigenvalue weighted by Gasteiger charge is 2.21. The fourth-order valence-electron chi connectivity index (χ4n) is 4.98. The summed E-state index contributed by atoms with van der Waals surface area (Å²) in [4.78, 5) is 6.96. The molecule has 0 radical (unpaired) electrons. The van der Waals surface area contributed by atoms with Crippen LogP contribution >= 0.6 is 0 Å². The lowest BCUT2D eigenvalue weighted by Gasteiger charge is -2.32. The molecule has 0 saturated carbocycles. The Morgan fingerprint density at radius 2 is 1.62 bits per heavy atom. The second kappa shape index (κ2) is 11.5. The standard InChI is InChI=1S/C33H39N3O3/c1-33(2,3)23-9-11-24(12-10-23)35-25-13-15-27(16-14-25)39-30-17-18-34-29-21-32(31(37-5)20-28(29)30)38-22-26-8-6-7-19-36(26)4/h9-18,20-21,26,35H,6-8,19,22H2,1-5H3. The van der Waals surface area contributed by atoms with E-state index in [1.54, 1.807) is 13.3 Å². The van der Waals surface area contributed by atoms with Gasteiger partial charge in [0.15, 0.2) is 11.5 Å². The lowest BCUT2D eigenvalue weighted by molar-refractivity contribution is 0.123. The van der Waals surface area contributed by atoms with Crippen LogP contribution in [0, 0.1) is 0 Å². The number of likely N-dealkylation sites (N-methyl/N-ethyl adjacent to an activating group) is 1. The highest BCUT2D eigenvalue weighted by Crippen LogP contribution is 2.37. The molecule has 3 aromatic carbocycles. The number of hydrogen-bond acceptors (Lipinski definition) is 6. The molecule has 1 saturated heterocycles. The quantitative estimate of drug-likeness (QED) is 0.252. The number of likely N-dealkylation sites (tertiary alicyclic amines) is 1. The molecule has 1 aliphatic heterocycles. The number of nitrogens with zero attached hydrogens (tertiary/aromatic N) is 2. The molecule has 1 unspecified atom stereocenters. The van der Waals surface area contributed by atoms with Crippen molar-refractivity contribution in [2.24, 2.45) is 0 Å². The van der Waals surface area contributed by atoms with Crippen LogP contribution in [0.1, 0.15) is 45.6 Å². The fourth-order valence-corrected chi connectivity index (χ4v) is 4.98. The molecule has 39 heavy (non-hydrogen) atoms. The Labute approximate surface area is 231 Å². The van der Waals surface area contributed by atoms with Crippen molar-refractivity contribution in [3.05, 3.63) is 78.5 Å². The predicted molar refractivity (Wildman–Crippen MR) is 159 cm³/mol. The number of aromatic nitrogens is 1. The van der Waals surface area contributed by atoms with Crippen LogP contribution in [0.25, 0.3) is 10.9 Å². The van der Waals surface area contributed by atoms with Crippen LogP contribution in [-0.4, -0.2) is 43.2 Å². The largest absolute Gasteiger partial charge is 0.493 e. The van der Waals surface area contributed by atoms with Crippen LogP contribution in [0.2, 0.25) is 0 Å². The molecule has 1 fully saturated rings.